The topological polar surface area (TPSA) is 94.4 Å². The number of piperazine rings is 1. The van der Waals surface area contributed by atoms with E-state index in [9.17, 15) is 18.5 Å². The largest absolute Gasteiger partial charge is 0.339 e. The van der Waals surface area contributed by atoms with Gasteiger partial charge in [0.05, 0.1) is 22.8 Å². The van der Waals surface area contributed by atoms with Gasteiger partial charge in [0.1, 0.15) is 11.1 Å². The number of nitrogens with zero attached hydrogens (tertiary/aromatic N) is 4. The Morgan fingerprint density at radius 3 is 2.69 bits per heavy atom. The minimum Gasteiger partial charge on any atom is -0.339 e. The quantitative estimate of drug-likeness (QED) is 0.657. The minimum atomic E-state index is -2.89. The van der Waals surface area contributed by atoms with Gasteiger partial charge < -0.3 is 4.90 Å². The van der Waals surface area contributed by atoms with E-state index in [4.69, 9.17) is 0 Å². The fraction of sp³-hybridized carbons (Fsp3) is 0.650. The molecule has 7 nitrogen and oxygen atoms in total. The van der Waals surface area contributed by atoms with Crippen molar-refractivity contribution in [3.8, 4) is 6.07 Å². The Morgan fingerprint density at radius 2 is 2.03 bits per heavy atom. The summed E-state index contributed by atoms with van der Waals surface area (Å²) in [5.74, 6) is 0.856. The van der Waals surface area contributed by atoms with Crippen LogP contribution >= 0.6 is 11.8 Å². The second kappa shape index (κ2) is 8.25. The van der Waals surface area contributed by atoms with Crippen LogP contribution in [0.5, 0.6) is 0 Å². The van der Waals surface area contributed by atoms with Crippen LogP contribution in [-0.4, -0.2) is 78.6 Å². The average Bonchev–Trinajstić information content (AvgIpc) is 3.32. The van der Waals surface area contributed by atoms with Crippen LogP contribution in [0.1, 0.15) is 35.2 Å². The number of sulfone groups is 1. The van der Waals surface area contributed by atoms with E-state index in [-0.39, 0.29) is 29.2 Å². The van der Waals surface area contributed by atoms with E-state index in [0.29, 0.717) is 30.1 Å². The molecular formula is C20H26N4O3S2. The van der Waals surface area contributed by atoms with Crippen LogP contribution in [0.3, 0.4) is 0 Å². The summed E-state index contributed by atoms with van der Waals surface area (Å²) in [6, 6.07) is 2.38. The van der Waals surface area contributed by atoms with E-state index in [2.05, 4.69) is 16.0 Å². The average molecular weight is 435 g/mol. The number of rotatable bonds is 4. The Hall–Kier alpha value is -1.63. The first-order chi connectivity index (χ1) is 13.9. The number of hydrogen-bond acceptors (Lipinski definition) is 7. The molecule has 0 saturated carbocycles. The maximum atomic E-state index is 12.7. The fourth-order valence-corrected chi connectivity index (χ4v) is 7.32. The molecular weight excluding hydrogens is 408 g/mol. The van der Waals surface area contributed by atoms with Crippen LogP contribution in [0.25, 0.3) is 0 Å². The third kappa shape index (κ3) is 4.30. The summed E-state index contributed by atoms with van der Waals surface area (Å²) in [6.45, 7) is 4.67. The summed E-state index contributed by atoms with van der Waals surface area (Å²) in [5, 5.41) is 10.2. The summed E-state index contributed by atoms with van der Waals surface area (Å²) in [4.78, 5) is 21.4. The summed E-state index contributed by atoms with van der Waals surface area (Å²) in [5.41, 5.74) is 3.92. The maximum Gasteiger partial charge on any atom is 0.233 e. The summed E-state index contributed by atoms with van der Waals surface area (Å²) >= 11 is 1.36. The van der Waals surface area contributed by atoms with Crippen molar-refractivity contribution >= 4 is 27.5 Å². The second-order valence-corrected chi connectivity index (χ2v) is 11.3. The zero-order valence-corrected chi connectivity index (χ0v) is 18.3. The van der Waals surface area contributed by atoms with E-state index >= 15 is 0 Å². The molecule has 3 aliphatic rings. The Balaban J connectivity index is 1.33. The van der Waals surface area contributed by atoms with Gasteiger partial charge in [0.2, 0.25) is 5.91 Å². The fourth-order valence-electron chi connectivity index (χ4n) is 4.60. The number of thioether (sulfide) groups is 1. The molecule has 3 heterocycles. The Morgan fingerprint density at radius 1 is 1.28 bits per heavy atom. The molecule has 29 heavy (non-hydrogen) atoms. The first-order valence-corrected chi connectivity index (χ1v) is 13.0. The number of aromatic nitrogens is 1. The molecule has 2 fully saturated rings. The molecule has 1 amide bonds. The lowest BCUT2D eigenvalue weighted by Crippen LogP contribution is -2.52. The Kier molecular flexibility index (Phi) is 5.87. The monoisotopic (exact) mass is 434 g/mol. The van der Waals surface area contributed by atoms with Crippen LogP contribution in [0.2, 0.25) is 0 Å². The molecule has 1 aromatic rings. The summed E-state index contributed by atoms with van der Waals surface area (Å²) in [7, 11) is -2.89. The lowest BCUT2D eigenvalue weighted by Gasteiger charge is -2.37. The van der Waals surface area contributed by atoms with Crippen LogP contribution in [-0.2, 0) is 27.5 Å². The van der Waals surface area contributed by atoms with Gasteiger partial charge >= 0.3 is 0 Å². The summed E-state index contributed by atoms with van der Waals surface area (Å²) < 4.78 is 23.4. The third-order valence-electron chi connectivity index (χ3n) is 6.30. The zero-order valence-electron chi connectivity index (χ0n) is 16.7. The SMILES string of the molecule is Cc1c(C#N)c(SCC(=O)N2CCN(C3CCS(=O)(=O)C3)CC2)nc2c1CCC2. The number of carbonyl (C=O) groups is 1. The highest BCUT2D eigenvalue weighted by Crippen LogP contribution is 2.31. The second-order valence-electron chi connectivity index (χ2n) is 8.07. The number of fused-ring (bicyclic) bond motifs is 1. The van der Waals surface area contributed by atoms with Crippen LogP contribution in [0.4, 0.5) is 0 Å². The van der Waals surface area contributed by atoms with Gasteiger partial charge in [-0.05, 0) is 43.7 Å². The first kappa shape index (κ1) is 20.6. The number of nitriles is 1. The number of pyridine rings is 1. The molecule has 1 aromatic heterocycles. The van der Waals surface area contributed by atoms with Gasteiger partial charge in [0, 0.05) is 37.9 Å². The van der Waals surface area contributed by atoms with Crippen LogP contribution in [0, 0.1) is 18.3 Å². The molecule has 0 aromatic carbocycles. The highest BCUT2D eigenvalue weighted by molar-refractivity contribution is 8.00. The molecule has 4 rings (SSSR count). The molecule has 2 aliphatic heterocycles. The van der Waals surface area contributed by atoms with Crippen molar-refractivity contribution in [1.82, 2.24) is 14.8 Å². The molecule has 1 unspecified atom stereocenters. The van der Waals surface area contributed by atoms with Crippen molar-refractivity contribution in [2.75, 3.05) is 43.4 Å². The molecule has 2 saturated heterocycles. The summed E-state index contributed by atoms with van der Waals surface area (Å²) in [6.07, 6.45) is 3.71. The van der Waals surface area contributed by atoms with Crippen molar-refractivity contribution in [3.63, 3.8) is 0 Å². The van der Waals surface area contributed by atoms with E-state index in [0.717, 1.165) is 43.6 Å². The van der Waals surface area contributed by atoms with Gasteiger partial charge in [-0.2, -0.15) is 5.26 Å². The van der Waals surface area contributed by atoms with E-state index < -0.39 is 9.84 Å². The van der Waals surface area contributed by atoms with Gasteiger partial charge in [-0.25, -0.2) is 13.4 Å². The molecule has 0 radical (unpaired) electrons. The zero-order chi connectivity index (χ0) is 20.6. The predicted molar refractivity (Wildman–Crippen MR) is 112 cm³/mol. The van der Waals surface area contributed by atoms with Crippen molar-refractivity contribution in [2.45, 2.75) is 43.7 Å². The number of aryl methyl sites for hydroxylation is 1. The highest BCUT2D eigenvalue weighted by atomic mass is 32.2. The first-order valence-electron chi connectivity index (χ1n) is 10.2. The van der Waals surface area contributed by atoms with E-state index in [1.165, 1.54) is 17.3 Å². The van der Waals surface area contributed by atoms with E-state index in [1.807, 2.05) is 11.8 Å². The lowest BCUT2D eigenvalue weighted by atomic mass is 10.0. The predicted octanol–water partition coefficient (Wildman–Crippen LogP) is 1.17. The van der Waals surface area contributed by atoms with Crippen molar-refractivity contribution in [1.29, 1.82) is 5.26 Å². The molecule has 1 atom stereocenters. The van der Waals surface area contributed by atoms with Crippen molar-refractivity contribution in [3.05, 3.63) is 22.4 Å². The van der Waals surface area contributed by atoms with Gasteiger partial charge in [0.15, 0.2) is 9.84 Å². The number of amides is 1. The molecule has 0 bridgehead atoms. The third-order valence-corrected chi connectivity index (χ3v) is 9.01. The van der Waals surface area contributed by atoms with E-state index in [1.54, 1.807) is 0 Å². The highest BCUT2D eigenvalue weighted by Gasteiger charge is 2.34. The molecule has 0 spiro atoms. The number of hydrogen-bond donors (Lipinski definition) is 0. The van der Waals surface area contributed by atoms with Gasteiger partial charge in [-0.3, -0.25) is 9.69 Å². The smallest absolute Gasteiger partial charge is 0.233 e. The van der Waals surface area contributed by atoms with Crippen LogP contribution in [0.15, 0.2) is 5.03 Å². The standard InChI is InChI=1S/C20H26N4O3S2/c1-14-16-3-2-4-18(16)22-20(17(14)11-21)28-12-19(25)24-8-6-23(7-9-24)15-5-10-29(26,27)13-15/h15H,2-10,12-13H2,1H3. The van der Waals surface area contributed by atoms with Gasteiger partial charge in [-0.1, -0.05) is 11.8 Å². The van der Waals surface area contributed by atoms with Crippen molar-refractivity contribution < 1.29 is 13.2 Å². The van der Waals surface area contributed by atoms with Gasteiger partial charge in [-0.15, -0.1) is 0 Å². The molecule has 156 valence electrons. The molecule has 0 N–H and O–H groups in total. The van der Waals surface area contributed by atoms with Gasteiger partial charge in [0.25, 0.3) is 0 Å². The maximum absolute atomic E-state index is 12.7. The normalized spacial score (nSPS) is 23.7. The Bertz CT molecular complexity index is 963. The number of carbonyl (C=O) groups excluding carboxylic acids is 1. The molecule has 9 heteroatoms. The van der Waals surface area contributed by atoms with Crippen LogP contribution < -0.4 is 0 Å². The molecule has 1 aliphatic carbocycles. The Labute approximate surface area is 176 Å². The minimum absolute atomic E-state index is 0.0533. The van der Waals surface area contributed by atoms with Crippen molar-refractivity contribution in [2.24, 2.45) is 0 Å². The lowest BCUT2D eigenvalue weighted by molar-refractivity contribution is -0.130.